The predicted octanol–water partition coefficient (Wildman–Crippen LogP) is 2.88. The van der Waals surface area contributed by atoms with Gasteiger partial charge in [0.2, 0.25) is 0 Å². The number of nitro benzene ring substituents is 1. The highest BCUT2D eigenvalue weighted by Crippen LogP contribution is 2.32. The highest BCUT2D eigenvalue weighted by Gasteiger charge is 2.34. The number of para-hydroxylation sites is 3. The molecule has 0 N–H and O–H groups in total. The van der Waals surface area contributed by atoms with Crippen molar-refractivity contribution in [2.45, 2.75) is 32.4 Å². The lowest BCUT2D eigenvalue weighted by molar-refractivity contribution is -0.385. The number of anilines is 1. The Hall–Kier alpha value is -3.42. The summed E-state index contributed by atoms with van der Waals surface area (Å²) in [5.74, 6) is -1.14. The summed E-state index contributed by atoms with van der Waals surface area (Å²) in [5.41, 5.74) is 1.64. The zero-order valence-corrected chi connectivity index (χ0v) is 15.5. The number of fused-ring (bicyclic) bond motifs is 1. The molecule has 0 spiro atoms. The number of amides is 1. The summed E-state index contributed by atoms with van der Waals surface area (Å²) in [6, 6.07) is 13.3. The molecular formula is C20H20N2O6. The predicted molar refractivity (Wildman–Crippen MR) is 101 cm³/mol. The second-order valence-electron chi connectivity index (χ2n) is 6.54. The molecule has 1 aliphatic heterocycles. The zero-order valence-electron chi connectivity index (χ0n) is 15.5. The minimum atomic E-state index is -1.00. The third kappa shape index (κ3) is 3.95. The summed E-state index contributed by atoms with van der Waals surface area (Å²) in [6.07, 6.45) is -0.265. The van der Waals surface area contributed by atoms with Crippen molar-refractivity contribution in [3.63, 3.8) is 0 Å². The van der Waals surface area contributed by atoms with E-state index in [1.807, 2.05) is 31.2 Å². The van der Waals surface area contributed by atoms with Crippen molar-refractivity contribution >= 4 is 23.3 Å². The molecule has 2 aromatic carbocycles. The molecule has 0 aliphatic carbocycles. The molecule has 2 aromatic rings. The van der Waals surface area contributed by atoms with Gasteiger partial charge in [0.05, 0.1) is 4.92 Å². The molecule has 3 rings (SSSR count). The number of nitrogens with zero attached hydrogens (tertiary/aromatic N) is 2. The second kappa shape index (κ2) is 8.08. The van der Waals surface area contributed by atoms with E-state index in [0.717, 1.165) is 17.7 Å². The van der Waals surface area contributed by atoms with E-state index in [9.17, 15) is 19.7 Å². The molecule has 0 bridgehead atoms. The van der Waals surface area contributed by atoms with E-state index in [2.05, 4.69) is 0 Å². The van der Waals surface area contributed by atoms with Gasteiger partial charge in [-0.15, -0.1) is 0 Å². The third-order valence-corrected chi connectivity index (χ3v) is 4.51. The molecule has 0 fully saturated rings. The number of esters is 1. The number of carbonyl (C=O) groups is 2. The Kier molecular flexibility index (Phi) is 5.58. The molecule has 1 aliphatic rings. The van der Waals surface area contributed by atoms with Gasteiger partial charge >= 0.3 is 11.7 Å². The van der Waals surface area contributed by atoms with E-state index < -0.39 is 23.6 Å². The number of hydrogen-bond donors (Lipinski definition) is 0. The summed E-state index contributed by atoms with van der Waals surface area (Å²) >= 11 is 0. The Morgan fingerprint density at radius 1 is 1.21 bits per heavy atom. The number of benzene rings is 2. The highest BCUT2D eigenvalue weighted by atomic mass is 16.6. The average Bonchev–Trinajstić information content (AvgIpc) is 3.01. The molecule has 8 heteroatoms. The molecule has 0 unspecified atom stereocenters. The van der Waals surface area contributed by atoms with Gasteiger partial charge in [-0.1, -0.05) is 30.3 Å². The van der Waals surface area contributed by atoms with Crippen molar-refractivity contribution in [2.24, 2.45) is 0 Å². The lowest BCUT2D eigenvalue weighted by Gasteiger charge is -2.25. The largest absolute Gasteiger partial charge is 0.475 e. The van der Waals surface area contributed by atoms with Crippen LogP contribution in [0.15, 0.2) is 48.5 Å². The first-order chi connectivity index (χ1) is 13.4. The molecule has 146 valence electrons. The van der Waals surface area contributed by atoms with Gasteiger partial charge in [-0.25, -0.2) is 4.79 Å². The fourth-order valence-corrected chi connectivity index (χ4v) is 3.25. The van der Waals surface area contributed by atoms with Crippen LogP contribution < -0.4 is 9.64 Å². The average molecular weight is 384 g/mol. The van der Waals surface area contributed by atoms with Crippen LogP contribution in [-0.2, 0) is 20.7 Å². The monoisotopic (exact) mass is 384 g/mol. The van der Waals surface area contributed by atoms with Gasteiger partial charge in [0.1, 0.15) is 0 Å². The normalized spacial score (nSPS) is 16.2. The van der Waals surface area contributed by atoms with Crippen molar-refractivity contribution in [3.8, 4) is 5.75 Å². The Morgan fingerprint density at radius 2 is 1.89 bits per heavy atom. The van der Waals surface area contributed by atoms with Crippen LogP contribution in [0.2, 0.25) is 0 Å². The van der Waals surface area contributed by atoms with Crippen LogP contribution in [0.3, 0.4) is 0 Å². The van der Waals surface area contributed by atoms with E-state index in [4.69, 9.17) is 9.47 Å². The van der Waals surface area contributed by atoms with Crippen molar-refractivity contribution in [1.82, 2.24) is 0 Å². The Bertz CT molecular complexity index is 913. The fourth-order valence-electron chi connectivity index (χ4n) is 3.25. The van der Waals surface area contributed by atoms with Gasteiger partial charge in [-0.3, -0.25) is 14.9 Å². The van der Waals surface area contributed by atoms with Gasteiger partial charge in [-0.05, 0) is 38.0 Å². The van der Waals surface area contributed by atoms with E-state index >= 15 is 0 Å². The number of rotatable bonds is 6. The SMILES string of the molecule is C[C@H](OC(=O)COc1ccccc1[N+](=O)[O-])C(=O)N1c2ccccc2C[C@@H]1C. The molecule has 0 saturated heterocycles. The van der Waals surface area contributed by atoms with E-state index in [-0.39, 0.29) is 23.4 Å². The van der Waals surface area contributed by atoms with Crippen molar-refractivity contribution in [3.05, 3.63) is 64.2 Å². The summed E-state index contributed by atoms with van der Waals surface area (Å²) in [5, 5.41) is 11.0. The van der Waals surface area contributed by atoms with Gasteiger partial charge in [0.15, 0.2) is 18.5 Å². The Morgan fingerprint density at radius 3 is 2.64 bits per heavy atom. The third-order valence-electron chi connectivity index (χ3n) is 4.51. The Balaban J connectivity index is 1.60. The second-order valence-corrected chi connectivity index (χ2v) is 6.54. The number of carbonyl (C=O) groups excluding carboxylic acids is 2. The fraction of sp³-hybridized carbons (Fsp3) is 0.300. The standard InChI is InChI=1S/C20H20N2O6/c1-13-11-15-7-3-4-8-16(15)21(13)20(24)14(2)28-19(23)12-27-18-10-6-5-9-17(18)22(25)26/h3-10,13-14H,11-12H2,1-2H3/t13-,14-/m0/s1. The maximum Gasteiger partial charge on any atom is 0.344 e. The van der Waals surface area contributed by atoms with Gasteiger partial charge in [0, 0.05) is 17.8 Å². The first kappa shape index (κ1) is 19.3. The van der Waals surface area contributed by atoms with Crippen LogP contribution in [0.5, 0.6) is 5.75 Å². The lowest BCUT2D eigenvalue weighted by atomic mass is 10.1. The number of nitro groups is 1. The van der Waals surface area contributed by atoms with Crippen LogP contribution in [0, 0.1) is 10.1 Å². The minimum absolute atomic E-state index is 0.0331. The van der Waals surface area contributed by atoms with Gasteiger partial charge < -0.3 is 14.4 Å². The van der Waals surface area contributed by atoms with Crippen molar-refractivity contribution in [1.29, 1.82) is 0 Å². The molecular weight excluding hydrogens is 364 g/mol. The summed E-state index contributed by atoms with van der Waals surface area (Å²) in [4.78, 5) is 36.9. The lowest BCUT2D eigenvalue weighted by Crippen LogP contribution is -2.43. The molecule has 0 radical (unpaired) electrons. The first-order valence-corrected chi connectivity index (χ1v) is 8.85. The van der Waals surface area contributed by atoms with Crippen molar-refractivity contribution in [2.75, 3.05) is 11.5 Å². The number of hydrogen-bond acceptors (Lipinski definition) is 6. The van der Waals surface area contributed by atoms with Crippen LogP contribution in [0.25, 0.3) is 0 Å². The molecule has 2 atom stereocenters. The molecule has 28 heavy (non-hydrogen) atoms. The molecule has 0 aromatic heterocycles. The van der Waals surface area contributed by atoms with Crippen molar-refractivity contribution < 1.29 is 24.0 Å². The zero-order chi connectivity index (χ0) is 20.3. The Labute approximate surface area is 161 Å². The highest BCUT2D eigenvalue weighted by molar-refractivity contribution is 5.99. The maximum absolute atomic E-state index is 12.8. The molecule has 8 nitrogen and oxygen atoms in total. The summed E-state index contributed by atoms with van der Waals surface area (Å²) in [7, 11) is 0. The molecule has 1 heterocycles. The topological polar surface area (TPSA) is 99.0 Å². The van der Waals surface area contributed by atoms with Crippen LogP contribution in [0.1, 0.15) is 19.4 Å². The van der Waals surface area contributed by atoms with Crippen LogP contribution in [-0.4, -0.2) is 35.6 Å². The minimum Gasteiger partial charge on any atom is -0.475 e. The van der Waals surface area contributed by atoms with Crippen LogP contribution >= 0.6 is 0 Å². The molecule has 0 saturated carbocycles. The summed E-state index contributed by atoms with van der Waals surface area (Å²) < 4.78 is 10.4. The number of ether oxygens (including phenoxy) is 2. The first-order valence-electron chi connectivity index (χ1n) is 8.85. The van der Waals surface area contributed by atoms with Gasteiger partial charge in [-0.2, -0.15) is 0 Å². The quantitative estimate of drug-likeness (QED) is 0.431. The van der Waals surface area contributed by atoms with E-state index in [1.54, 1.807) is 11.0 Å². The maximum atomic E-state index is 12.8. The van der Waals surface area contributed by atoms with Crippen LogP contribution in [0.4, 0.5) is 11.4 Å². The van der Waals surface area contributed by atoms with E-state index in [1.165, 1.54) is 25.1 Å². The summed E-state index contributed by atoms with van der Waals surface area (Å²) in [6.45, 7) is 2.90. The van der Waals surface area contributed by atoms with E-state index in [0.29, 0.717) is 0 Å². The van der Waals surface area contributed by atoms with Gasteiger partial charge in [0.25, 0.3) is 5.91 Å². The molecule has 1 amide bonds. The smallest absolute Gasteiger partial charge is 0.344 e.